The minimum atomic E-state index is 0.646. The summed E-state index contributed by atoms with van der Waals surface area (Å²) in [5.74, 6) is 0.646. The molecule has 0 radical (unpaired) electrons. The van der Waals surface area contributed by atoms with Gasteiger partial charge < -0.3 is 0 Å². The highest BCUT2D eigenvalue weighted by Gasteiger charge is 2.25. The Hall–Kier alpha value is -3.23. The molecule has 3 aromatic heterocycles. The van der Waals surface area contributed by atoms with Crippen LogP contribution >= 0.6 is 22.7 Å². The molecule has 0 aliphatic heterocycles. The van der Waals surface area contributed by atoms with Crippen molar-refractivity contribution in [2.45, 2.75) is 13.8 Å². The molecule has 0 aliphatic carbocycles. The van der Waals surface area contributed by atoms with Gasteiger partial charge in [0.1, 0.15) is 5.69 Å². The SMILES string of the molecule is Cc1nc(-c2csc(-[n+]3nc(-c4ccccc4)nn3-c3ccccc3)n2)sc1C. The topological polar surface area (TPSA) is 60.4 Å². The van der Waals surface area contributed by atoms with Gasteiger partial charge in [-0.25, -0.2) is 4.98 Å². The van der Waals surface area contributed by atoms with Crippen LogP contribution in [0, 0.1) is 13.8 Å². The van der Waals surface area contributed by atoms with Crippen molar-refractivity contribution >= 4 is 22.7 Å². The molecule has 0 amide bonds. The Bertz CT molecular complexity index is 1250. The minimum absolute atomic E-state index is 0.646. The summed E-state index contributed by atoms with van der Waals surface area (Å²) in [4.78, 5) is 14.2. The van der Waals surface area contributed by atoms with Gasteiger partial charge in [0.05, 0.1) is 5.69 Å². The van der Waals surface area contributed by atoms with Crippen molar-refractivity contribution < 1.29 is 4.80 Å². The average Bonchev–Trinajstić information content (AvgIpc) is 3.48. The lowest BCUT2D eigenvalue weighted by molar-refractivity contribution is -0.734. The van der Waals surface area contributed by atoms with Crippen LogP contribution in [0.1, 0.15) is 10.6 Å². The summed E-state index contributed by atoms with van der Waals surface area (Å²) in [7, 11) is 0. The first-order valence-corrected chi connectivity index (χ1v) is 10.8. The molecule has 5 rings (SSSR count). The van der Waals surface area contributed by atoms with Gasteiger partial charge in [0.2, 0.25) is 0 Å². The zero-order valence-corrected chi connectivity index (χ0v) is 17.5. The van der Waals surface area contributed by atoms with E-state index in [0.29, 0.717) is 5.82 Å². The van der Waals surface area contributed by atoms with Crippen LogP contribution in [0.15, 0.2) is 66.0 Å². The maximum Gasteiger partial charge on any atom is 0.364 e. The number of thiazole rings is 2. The van der Waals surface area contributed by atoms with E-state index >= 15 is 0 Å². The number of aromatic nitrogens is 6. The summed E-state index contributed by atoms with van der Waals surface area (Å²) in [6.45, 7) is 4.10. The fraction of sp³-hybridized carbons (Fsp3) is 0.0952. The Balaban J connectivity index is 1.63. The van der Waals surface area contributed by atoms with Gasteiger partial charge in [-0.05, 0) is 52.8 Å². The second kappa shape index (κ2) is 7.31. The molecule has 2 aromatic carbocycles. The largest absolute Gasteiger partial charge is 0.364 e. The molecule has 0 saturated heterocycles. The van der Waals surface area contributed by atoms with Gasteiger partial charge >= 0.3 is 5.13 Å². The van der Waals surface area contributed by atoms with Gasteiger partial charge in [-0.15, -0.1) is 11.3 Å². The van der Waals surface area contributed by atoms with E-state index in [-0.39, 0.29) is 0 Å². The Morgan fingerprint density at radius 2 is 1.62 bits per heavy atom. The smallest absolute Gasteiger partial charge is 0.238 e. The highest BCUT2D eigenvalue weighted by molar-refractivity contribution is 7.16. The van der Waals surface area contributed by atoms with Crippen LogP contribution in [-0.2, 0) is 0 Å². The van der Waals surface area contributed by atoms with Gasteiger partial charge in [-0.3, -0.25) is 0 Å². The molecule has 8 heteroatoms. The number of nitrogens with zero attached hydrogens (tertiary/aromatic N) is 6. The van der Waals surface area contributed by atoms with Crippen LogP contribution in [0.5, 0.6) is 0 Å². The first kappa shape index (κ1) is 17.8. The van der Waals surface area contributed by atoms with Crippen LogP contribution in [-0.4, -0.2) is 25.0 Å². The standard InChI is InChI=1S/C21H17N6S2/c1-14-15(2)29-20(22-14)18-13-28-21(23-18)27-25-19(16-9-5-3-6-10-16)24-26(27)17-11-7-4-8-12-17/h3-13H,1-2H3/q+1. The average molecular weight is 418 g/mol. The zero-order valence-electron chi connectivity index (χ0n) is 15.9. The normalized spacial score (nSPS) is 11.1. The molecule has 142 valence electrons. The summed E-state index contributed by atoms with van der Waals surface area (Å²) in [5, 5.41) is 13.2. The Labute approximate surface area is 175 Å². The summed E-state index contributed by atoms with van der Waals surface area (Å²) in [5.41, 5.74) is 3.78. The maximum atomic E-state index is 4.80. The lowest BCUT2D eigenvalue weighted by Gasteiger charge is -1.97. The third kappa shape index (κ3) is 3.37. The summed E-state index contributed by atoms with van der Waals surface area (Å²) in [6.07, 6.45) is 0. The molecule has 6 nitrogen and oxygen atoms in total. The number of para-hydroxylation sites is 1. The molecule has 0 bridgehead atoms. The lowest BCUT2D eigenvalue weighted by atomic mass is 10.2. The van der Waals surface area contributed by atoms with Crippen molar-refractivity contribution in [3.05, 3.63) is 76.6 Å². The Morgan fingerprint density at radius 3 is 2.31 bits per heavy atom. The second-order valence-corrected chi connectivity index (χ2v) is 8.52. The molecule has 0 saturated carbocycles. The third-order valence-corrected chi connectivity index (χ3v) is 6.39. The predicted molar refractivity (Wildman–Crippen MR) is 115 cm³/mol. The number of benzene rings is 2. The van der Waals surface area contributed by atoms with Crippen LogP contribution < -0.4 is 4.80 Å². The molecule has 0 unspecified atom stereocenters. The Kier molecular flexibility index (Phi) is 4.49. The fourth-order valence-electron chi connectivity index (χ4n) is 2.88. The van der Waals surface area contributed by atoms with E-state index in [2.05, 4.69) is 11.9 Å². The number of hydrogen-bond donors (Lipinski definition) is 0. The fourth-order valence-corrected chi connectivity index (χ4v) is 4.57. The molecule has 0 fully saturated rings. The molecular formula is C21H17N6S2+. The van der Waals surface area contributed by atoms with Crippen molar-refractivity contribution in [2.75, 3.05) is 0 Å². The quantitative estimate of drug-likeness (QED) is 0.407. The van der Waals surface area contributed by atoms with Crippen molar-refractivity contribution in [1.29, 1.82) is 0 Å². The van der Waals surface area contributed by atoms with Gasteiger partial charge in [-0.2, -0.15) is 0 Å². The Morgan fingerprint density at radius 1 is 0.897 bits per heavy atom. The van der Waals surface area contributed by atoms with Gasteiger partial charge in [0, 0.05) is 20.9 Å². The molecule has 0 aliphatic rings. The third-order valence-electron chi connectivity index (χ3n) is 4.49. The summed E-state index contributed by atoms with van der Waals surface area (Å²) in [6, 6.07) is 19.9. The van der Waals surface area contributed by atoms with Crippen molar-refractivity contribution in [1.82, 2.24) is 25.0 Å². The van der Waals surface area contributed by atoms with E-state index in [1.165, 1.54) is 16.2 Å². The first-order valence-electron chi connectivity index (χ1n) is 9.10. The molecular weight excluding hydrogens is 400 g/mol. The maximum absolute atomic E-state index is 4.80. The molecule has 0 atom stereocenters. The summed E-state index contributed by atoms with van der Waals surface area (Å²) < 4.78 is 0. The number of tetrazole rings is 1. The van der Waals surface area contributed by atoms with Crippen molar-refractivity contribution in [3.63, 3.8) is 0 Å². The molecule has 29 heavy (non-hydrogen) atoms. The van der Waals surface area contributed by atoms with E-state index in [1.54, 1.807) is 20.9 Å². The van der Waals surface area contributed by atoms with Gasteiger partial charge in [0.15, 0.2) is 10.7 Å². The number of hydrogen-bond acceptors (Lipinski definition) is 6. The second-order valence-electron chi connectivity index (χ2n) is 6.48. The van der Waals surface area contributed by atoms with Crippen molar-refractivity contribution in [3.8, 4) is 32.9 Å². The first-order chi connectivity index (χ1) is 14.2. The monoisotopic (exact) mass is 417 g/mol. The molecule has 3 heterocycles. The van der Waals surface area contributed by atoms with Crippen LogP contribution in [0.3, 0.4) is 0 Å². The highest BCUT2D eigenvalue weighted by atomic mass is 32.1. The highest BCUT2D eigenvalue weighted by Crippen LogP contribution is 2.28. The van der Waals surface area contributed by atoms with Crippen LogP contribution in [0.2, 0.25) is 0 Å². The number of aryl methyl sites for hydroxylation is 2. The van der Waals surface area contributed by atoms with Gasteiger partial charge in [0.25, 0.3) is 5.82 Å². The van der Waals surface area contributed by atoms with E-state index in [4.69, 9.17) is 15.2 Å². The predicted octanol–water partition coefficient (Wildman–Crippen LogP) is 4.41. The van der Waals surface area contributed by atoms with Gasteiger partial charge in [-0.1, -0.05) is 52.7 Å². The van der Waals surface area contributed by atoms with E-state index < -0.39 is 0 Å². The minimum Gasteiger partial charge on any atom is -0.238 e. The van der Waals surface area contributed by atoms with E-state index in [0.717, 1.165) is 32.8 Å². The number of rotatable bonds is 4. The van der Waals surface area contributed by atoms with E-state index in [9.17, 15) is 0 Å². The summed E-state index contributed by atoms with van der Waals surface area (Å²) >= 11 is 3.18. The van der Waals surface area contributed by atoms with Crippen LogP contribution in [0.25, 0.3) is 32.9 Å². The molecule has 0 spiro atoms. The molecule has 0 N–H and O–H groups in total. The van der Waals surface area contributed by atoms with Crippen molar-refractivity contribution in [2.24, 2.45) is 0 Å². The lowest BCUT2D eigenvalue weighted by Crippen LogP contribution is -2.43. The molecule has 5 aromatic rings. The zero-order chi connectivity index (χ0) is 19.8. The van der Waals surface area contributed by atoms with E-state index in [1.807, 2.05) is 73.0 Å². The van der Waals surface area contributed by atoms with Crippen LogP contribution in [0.4, 0.5) is 0 Å².